The number of benzene rings is 1. The van der Waals surface area contributed by atoms with Gasteiger partial charge in [-0.1, -0.05) is 35.0 Å². The number of halogens is 2. The Kier molecular flexibility index (Phi) is 4.88. The second-order valence-electron chi connectivity index (χ2n) is 6.18. The zero-order valence-corrected chi connectivity index (χ0v) is 16.7. The number of amides is 1. The van der Waals surface area contributed by atoms with Gasteiger partial charge in [0.1, 0.15) is 23.1 Å². The van der Waals surface area contributed by atoms with E-state index >= 15 is 0 Å². The SMILES string of the molecule is Cc1onc(-c2ccccc2Cl)c1C(=O)N1CC(Oc2ncccc2Br)C1. The van der Waals surface area contributed by atoms with Gasteiger partial charge in [0.25, 0.3) is 5.91 Å². The first kappa shape index (κ1) is 18.0. The maximum absolute atomic E-state index is 13.0. The minimum Gasteiger partial charge on any atom is -0.470 e. The molecule has 0 radical (unpaired) electrons. The van der Waals surface area contributed by atoms with Gasteiger partial charge in [0, 0.05) is 11.8 Å². The van der Waals surface area contributed by atoms with Crippen LogP contribution in [0.3, 0.4) is 0 Å². The molecular weight excluding hydrogens is 434 g/mol. The van der Waals surface area contributed by atoms with Gasteiger partial charge in [-0.15, -0.1) is 0 Å². The summed E-state index contributed by atoms with van der Waals surface area (Å²) in [5.41, 5.74) is 1.56. The third kappa shape index (κ3) is 3.44. The Morgan fingerprint density at radius 1 is 1.30 bits per heavy atom. The van der Waals surface area contributed by atoms with Crippen LogP contribution in [0.5, 0.6) is 5.88 Å². The normalized spacial score (nSPS) is 14.1. The molecule has 3 aromatic rings. The standard InChI is InChI=1S/C19H15BrClN3O3/c1-11-16(17(23-27-11)13-5-2-3-7-15(13)21)19(25)24-9-12(10-24)26-18-14(20)6-4-8-22-18/h2-8,12H,9-10H2,1H3. The molecule has 2 aromatic heterocycles. The molecule has 1 aliphatic rings. The van der Waals surface area contributed by atoms with Crippen molar-refractivity contribution in [3.63, 3.8) is 0 Å². The maximum atomic E-state index is 13.0. The van der Waals surface area contributed by atoms with Crippen LogP contribution in [0.15, 0.2) is 51.6 Å². The number of aromatic nitrogens is 2. The molecule has 27 heavy (non-hydrogen) atoms. The van der Waals surface area contributed by atoms with Gasteiger partial charge in [0.05, 0.1) is 22.6 Å². The van der Waals surface area contributed by atoms with Crippen LogP contribution in [0.2, 0.25) is 5.02 Å². The Morgan fingerprint density at radius 2 is 2.07 bits per heavy atom. The molecule has 0 bridgehead atoms. The number of carbonyl (C=O) groups excluding carboxylic acids is 1. The first-order valence-electron chi connectivity index (χ1n) is 8.32. The highest BCUT2D eigenvalue weighted by Crippen LogP contribution is 2.33. The molecule has 6 nitrogen and oxygen atoms in total. The molecule has 0 atom stereocenters. The van der Waals surface area contributed by atoms with Crippen LogP contribution < -0.4 is 4.74 Å². The van der Waals surface area contributed by atoms with Gasteiger partial charge in [0.2, 0.25) is 5.88 Å². The number of hydrogen-bond acceptors (Lipinski definition) is 5. The molecular formula is C19H15BrClN3O3. The molecule has 0 N–H and O–H groups in total. The molecule has 8 heteroatoms. The topological polar surface area (TPSA) is 68.5 Å². The number of ether oxygens (including phenoxy) is 1. The smallest absolute Gasteiger partial charge is 0.260 e. The lowest BCUT2D eigenvalue weighted by Crippen LogP contribution is -2.56. The van der Waals surface area contributed by atoms with Crippen molar-refractivity contribution in [3.05, 3.63) is 63.4 Å². The number of pyridine rings is 1. The number of rotatable bonds is 4. The summed E-state index contributed by atoms with van der Waals surface area (Å²) in [6, 6.07) is 10.9. The second kappa shape index (κ2) is 7.32. The Hall–Kier alpha value is -2.38. The van der Waals surface area contributed by atoms with E-state index in [9.17, 15) is 4.79 Å². The highest BCUT2D eigenvalue weighted by Gasteiger charge is 2.36. The first-order chi connectivity index (χ1) is 13.0. The Labute approximate surface area is 169 Å². The zero-order chi connectivity index (χ0) is 19.0. The van der Waals surface area contributed by atoms with Gasteiger partial charge in [-0.25, -0.2) is 4.98 Å². The summed E-state index contributed by atoms with van der Waals surface area (Å²) in [5.74, 6) is 0.836. The fourth-order valence-corrected chi connectivity index (χ4v) is 3.49. The van der Waals surface area contributed by atoms with Crippen molar-refractivity contribution in [3.8, 4) is 17.1 Å². The third-order valence-electron chi connectivity index (χ3n) is 4.34. The summed E-state index contributed by atoms with van der Waals surface area (Å²) in [6.45, 7) is 2.65. The van der Waals surface area contributed by atoms with Crippen molar-refractivity contribution in [1.29, 1.82) is 0 Å². The summed E-state index contributed by atoms with van der Waals surface area (Å²) < 4.78 is 11.9. The lowest BCUT2D eigenvalue weighted by Gasteiger charge is -2.38. The minimum absolute atomic E-state index is 0.107. The lowest BCUT2D eigenvalue weighted by atomic mass is 10.0. The fourth-order valence-electron chi connectivity index (χ4n) is 2.91. The van der Waals surface area contributed by atoms with Gasteiger partial charge >= 0.3 is 0 Å². The quantitative estimate of drug-likeness (QED) is 0.593. The van der Waals surface area contributed by atoms with Crippen LogP contribution in [0, 0.1) is 6.92 Å². The average Bonchev–Trinajstić information content (AvgIpc) is 3.00. The van der Waals surface area contributed by atoms with Crippen molar-refractivity contribution in [2.75, 3.05) is 13.1 Å². The molecule has 1 aliphatic heterocycles. The number of likely N-dealkylation sites (tertiary alicyclic amines) is 1. The highest BCUT2D eigenvalue weighted by atomic mass is 79.9. The Balaban J connectivity index is 1.50. The van der Waals surface area contributed by atoms with E-state index in [2.05, 4.69) is 26.1 Å². The fraction of sp³-hybridized carbons (Fsp3) is 0.211. The summed E-state index contributed by atoms with van der Waals surface area (Å²) in [7, 11) is 0. The molecule has 4 rings (SSSR count). The van der Waals surface area contributed by atoms with Crippen molar-refractivity contribution in [2.24, 2.45) is 0 Å². The Bertz CT molecular complexity index is 1000. The van der Waals surface area contributed by atoms with Gasteiger partial charge in [-0.3, -0.25) is 4.79 Å². The van der Waals surface area contributed by atoms with Gasteiger partial charge in [-0.2, -0.15) is 0 Å². The summed E-state index contributed by atoms with van der Waals surface area (Å²) in [5, 5.41) is 4.57. The van der Waals surface area contributed by atoms with Crippen LogP contribution in [0.25, 0.3) is 11.3 Å². The molecule has 1 amide bonds. The number of hydrogen-bond donors (Lipinski definition) is 0. The van der Waals surface area contributed by atoms with E-state index in [0.29, 0.717) is 46.6 Å². The van der Waals surface area contributed by atoms with Crippen molar-refractivity contribution in [2.45, 2.75) is 13.0 Å². The van der Waals surface area contributed by atoms with E-state index in [-0.39, 0.29) is 12.0 Å². The number of aryl methyl sites for hydroxylation is 1. The van der Waals surface area contributed by atoms with Crippen LogP contribution >= 0.6 is 27.5 Å². The molecule has 0 saturated carbocycles. The molecule has 3 heterocycles. The summed E-state index contributed by atoms with van der Waals surface area (Å²) in [6.07, 6.45) is 1.56. The molecule has 138 valence electrons. The van der Waals surface area contributed by atoms with Crippen molar-refractivity contribution in [1.82, 2.24) is 15.0 Å². The predicted octanol–water partition coefficient (Wildman–Crippen LogP) is 4.36. The minimum atomic E-state index is -0.149. The zero-order valence-electron chi connectivity index (χ0n) is 14.4. The van der Waals surface area contributed by atoms with Gasteiger partial charge < -0.3 is 14.2 Å². The van der Waals surface area contributed by atoms with Crippen LogP contribution in [0.1, 0.15) is 16.1 Å². The largest absolute Gasteiger partial charge is 0.470 e. The first-order valence-corrected chi connectivity index (χ1v) is 9.49. The third-order valence-corrected chi connectivity index (χ3v) is 5.28. The summed E-state index contributed by atoms with van der Waals surface area (Å²) in [4.78, 5) is 18.9. The van der Waals surface area contributed by atoms with Crippen molar-refractivity contribution < 1.29 is 14.1 Å². The van der Waals surface area contributed by atoms with E-state index in [1.807, 2.05) is 30.3 Å². The van der Waals surface area contributed by atoms with Crippen LogP contribution in [-0.2, 0) is 0 Å². The van der Waals surface area contributed by atoms with Gasteiger partial charge in [-0.05, 0) is 41.1 Å². The van der Waals surface area contributed by atoms with E-state index in [0.717, 1.165) is 4.47 Å². The van der Waals surface area contributed by atoms with E-state index in [4.69, 9.17) is 20.9 Å². The maximum Gasteiger partial charge on any atom is 0.260 e. The number of carbonyl (C=O) groups is 1. The predicted molar refractivity (Wildman–Crippen MR) is 104 cm³/mol. The number of nitrogens with zero attached hydrogens (tertiary/aromatic N) is 3. The molecule has 0 aliphatic carbocycles. The molecule has 0 spiro atoms. The van der Waals surface area contributed by atoms with E-state index in [1.54, 1.807) is 24.1 Å². The Morgan fingerprint density at radius 3 is 2.81 bits per heavy atom. The van der Waals surface area contributed by atoms with Crippen LogP contribution in [0.4, 0.5) is 0 Å². The molecule has 1 aromatic carbocycles. The lowest BCUT2D eigenvalue weighted by molar-refractivity contribution is 0.0156. The van der Waals surface area contributed by atoms with E-state index < -0.39 is 0 Å². The summed E-state index contributed by atoms with van der Waals surface area (Å²) >= 11 is 9.67. The highest BCUT2D eigenvalue weighted by molar-refractivity contribution is 9.10. The van der Waals surface area contributed by atoms with Crippen LogP contribution in [-0.4, -0.2) is 40.1 Å². The molecule has 1 fully saturated rings. The average molecular weight is 449 g/mol. The monoisotopic (exact) mass is 447 g/mol. The molecule has 1 saturated heterocycles. The van der Waals surface area contributed by atoms with E-state index in [1.165, 1.54) is 0 Å². The second-order valence-corrected chi connectivity index (χ2v) is 7.44. The molecule has 0 unspecified atom stereocenters. The van der Waals surface area contributed by atoms with Gasteiger partial charge in [0.15, 0.2) is 0 Å². The van der Waals surface area contributed by atoms with Crippen molar-refractivity contribution >= 4 is 33.4 Å².